The van der Waals surface area contributed by atoms with Crippen molar-refractivity contribution in [2.24, 2.45) is 0 Å². The van der Waals surface area contributed by atoms with Gasteiger partial charge >= 0.3 is 5.97 Å². The third-order valence-electron chi connectivity index (χ3n) is 3.48. The monoisotopic (exact) mass is 283 g/mol. The lowest BCUT2D eigenvalue weighted by Crippen LogP contribution is -2.57. The first-order chi connectivity index (χ1) is 9.12. The van der Waals surface area contributed by atoms with Crippen LogP contribution in [0.25, 0.3) is 0 Å². The van der Waals surface area contributed by atoms with Crippen LogP contribution in [0.1, 0.15) is 25.7 Å². The Hall–Kier alpha value is -1.26. The van der Waals surface area contributed by atoms with Crippen molar-refractivity contribution in [2.45, 2.75) is 31.2 Å². The normalized spacial score (nSPS) is 16.7. The Morgan fingerprint density at radius 3 is 2.58 bits per heavy atom. The van der Waals surface area contributed by atoms with Gasteiger partial charge in [0.1, 0.15) is 11.3 Å². The van der Waals surface area contributed by atoms with E-state index in [4.69, 9.17) is 21.4 Å². The summed E-state index contributed by atoms with van der Waals surface area (Å²) in [6.45, 7) is 1.21. The molecule has 1 saturated carbocycles. The van der Waals surface area contributed by atoms with Gasteiger partial charge in [-0.25, -0.2) is 0 Å². The molecule has 5 heteroatoms. The van der Waals surface area contributed by atoms with E-state index in [1.807, 2.05) is 12.1 Å². The lowest BCUT2D eigenvalue weighted by atomic mass is 9.77. The predicted octanol–water partition coefficient (Wildman–Crippen LogP) is 2.71. The van der Waals surface area contributed by atoms with Gasteiger partial charge in [0, 0.05) is 5.02 Å². The second-order valence-corrected chi connectivity index (χ2v) is 5.26. The summed E-state index contributed by atoms with van der Waals surface area (Å²) < 4.78 is 5.54. The van der Waals surface area contributed by atoms with Crippen LogP contribution in [-0.4, -0.2) is 29.8 Å². The molecule has 4 nitrogen and oxygen atoms in total. The smallest absolute Gasteiger partial charge is 0.323 e. The van der Waals surface area contributed by atoms with Crippen molar-refractivity contribution in [1.29, 1.82) is 0 Å². The van der Waals surface area contributed by atoms with Crippen molar-refractivity contribution >= 4 is 17.6 Å². The quantitative estimate of drug-likeness (QED) is 0.756. The molecule has 0 atom stereocenters. The van der Waals surface area contributed by atoms with Crippen LogP contribution in [0, 0.1) is 0 Å². The fourth-order valence-electron chi connectivity index (χ4n) is 2.12. The molecule has 1 aromatic carbocycles. The third kappa shape index (κ3) is 3.61. The van der Waals surface area contributed by atoms with Gasteiger partial charge < -0.3 is 15.2 Å². The summed E-state index contributed by atoms with van der Waals surface area (Å²) in [6, 6.07) is 7.20. The van der Waals surface area contributed by atoms with Crippen LogP contribution in [0.2, 0.25) is 5.02 Å². The molecule has 0 unspecified atom stereocenters. The molecular formula is C14H18ClNO3. The zero-order valence-corrected chi connectivity index (χ0v) is 11.4. The molecule has 0 aromatic heterocycles. The van der Waals surface area contributed by atoms with E-state index < -0.39 is 11.5 Å². The summed E-state index contributed by atoms with van der Waals surface area (Å²) in [6.07, 6.45) is 3.21. The van der Waals surface area contributed by atoms with Crippen LogP contribution in [0.4, 0.5) is 0 Å². The lowest BCUT2D eigenvalue weighted by Gasteiger charge is -2.38. The summed E-state index contributed by atoms with van der Waals surface area (Å²) in [5.41, 5.74) is -0.680. The van der Waals surface area contributed by atoms with Crippen LogP contribution in [0.3, 0.4) is 0 Å². The average Bonchev–Trinajstić information content (AvgIpc) is 2.33. The first-order valence-corrected chi connectivity index (χ1v) is 6.87. The number of rotatable bonds is 7. The van der Waals surface area contributed by atoms with E-state index in [0.717, 1.165) is 31.4 Å². The summed E-state index contributed by atoms with van der Waals surface area (Å²) >= 11 is 5.78. The molecule has 0 radical (unpaired) electrons. The van der Waals surface area contributed by atoms with E-state index in [9.17, 15) is 4.79 Å². The highest BCUT2D eigenvalue weighted by molar-refractivity contribution is 6.30. The van der Waals surface area contributed by atoms with Gasteiger partial charge in [0.25, 0.3) is 0 Å². The molecule has 0 bridgehead atoms. The predicted molar refractivity (Wildman–Crippen MR) is 73.8 cm³/mol. The average molecular weight is 284 g/mol. The number of ether oxygens (including phenoxy) is 1. The van der Waals surface area contributed by atoms with Gasteiger partial charge in [-0.15, -0.1) is 0 Å². The van der Waals surface area contributed by atoms with E-state index in [1.165, 1.54) is 0 Å². The van der Waals surface area contributed by atoms with E-state index >= 15 is 0 Å². The maximum Gasteiger partial charge on any atom is 0.323 e. The van der Waals surface area contributed by atoms with E-state index in [1.54, 1.807) is 12.1 Å². The summed E-state index contributed by atoms with van der Waals surface area (Å²) in [5.74, 6) is 0.0401. The Morgan fingerprint density at radius 1 is 1.37 bits per heavy atom. The number of carboxylic acids is 1. The number of aliphatic carboxylic acids is 1. The van der Waals surface area contributed by atoms with Crippen molar-refractivity contribution < 1.29 is 14.6 Å². The van der Waals surface area contributed by atoms with Crippen LogP contribution < -0.4 is 10.1 Å². The maximum atomic E-state index is 11.1. The van der Waals surface area contributed by atoms with Gasteiger partial charge in [0.15, 0.2) is 0 Å². The largest absolute Gasteiger partial charge is 0.494 e. The van der Waals surface area contributed by atoms with Gasteiger partial charge in [-0.05, 0) is 56.5 Å². The van der Waals surface area contributed by atoms with Gasteiger partial charge in [-0.2, -0.15) is 0 Å². The number of carboxylic acid groups (broad SMARTS) is 1. The zero-order valence-electron chi connectivity index (χ0n) is 10.7. The molecule has 1 fully saturated rings. The molecule has 0 saturated heterocycles. The van der Waals surface area contributed by atoms with Gasteiger partial charge in [-0.3, -0.25) is 4.79 Å². The van der Waals surface area contributed by atoms with Crippen LogP contribution >= 0.6 is 11.6 Å². The Kier molecular flexibility index (Phi) is 4.66. The SMILES string of the molecule is O=C(O)C1(NCCCOc2ccc(Cl)cc2)CCC1. The van der Waals surface area contributed by atoms with Crippen LogP contribution in [0.15, 0.2) is 24.3 Å². The number of halogens is 1. The number of carbonyl (C=O) groups is 1. The molecule has 2 rings (SSSR count). The van der Waals surface area contributed by atoms with E-state index in [2.05, 4.69) is 5.32 Å². The lowest BCUT2D eigenvalue weighted by molar-refractivity contribution is -0.148. The molecular weight excluding hydrogens is 266 g/mol. The van der Waals surface area contributed by atoms with E-state index in [0.29, 0.717) is 18.2 Å². The molecule has 0 aliphatic heterocycles. The van der Waals surface area contributed by atoms with Crippen molar-refractivity contribution in [3.05, 3.63) is 29.3 Å². The number of hydrogen-bond donors (Lipinski definition) is 2. The first-order valence-electron chi connectivity index (χ1n) is 6.49. The molecule has 0 heterocycles. The van der Waals surface area contributed by atoms with Crippen molar-refractivity contribution in [1.82, 2.24) is 5.32 Å². The molecule has 0 amide bonds. The first kappa shape index (κ1) is 14.2. The summed E-state index contributed by atoms with van der Waals surface area (Å²) in [4.78, 5) is 11.1. The summed E-state index contributed by atoms with van der Waals surface area (Å²) in [5, 5.41) is 12.9. The Balaban J connectivity index is 1.64. The minimum Gasteiger partial charge on any atom is -0.494 e. The number of nitrogens with one attached hydrogen (secondary N) is 1. The molecule has 1 aliphatic carbocycles. The second kappa shape index (κ2) is 6.26. The summed E-state index contributed by atoms with van der Waals surface area (Å²) in [7, 11) is 0. The number of benzene rings is 1. The molecule has 1 aromatic rings. The standard InChI is InChI=1S/C14H18ClNO3/c15-11-3-5-12(6-4-11)19-10-2-9-16-14(13(17)18)7-1-8-14/h3-6,16H,1-2,7-10H2,(H,17,18). The van der Waals surface area contributed by atoms with Crippen molar-refractivity contribution in [2.75, 3.05) is 13.2 Å². The fraction of sp³-hybridized carbons (Fsp3) is 0.500. The third-order valence-corrected chi connectivity index (χ3v) is 3.74. The van der Waals surface area contributed by atoms with Gasteiger partial charge in [0.2, 0.25) is 0 Å². The molecule has 19 heavy (non-hydrogen) atoms. The Morgan fingerprint density at radius 2 is 2.05 bits per heavy atom. The highest BCUT2D eigenvalue weighted by atomic mass is 35.5. The molecule has 104 valence electrons. The zero-order chi connectivity index (χ0) is 13.7. The van der Waals surface area contributed by atoms with Crippen molar-refractivity contribution in [3.8, 4) is 5.75 Å². The highest BCUT2D eigenvalue weighted by Gasteiger charge is 2.43. The highest BCUT2D eigenvalue weighted by Crippen LogP contribution is 2.31. The Labute approximate surface area is 117 Å². The Bertz CT molecular complexity index is 429. The maximum absolute atomic E-state index is 11.1. The van der Waals surface area contributed by atoms with Crippen molar-refractivity contribution in [3.63, 3.8) is 0 Å². The van der Waals surface area contributed by atoms with Gasteiger partial charge in [-0.1, -0.05) is 11.6 Å². The van der Waals surface area contributed by atoms with Crippen LogP contribution in [0.5, 0.6) is 5.75 Å². The molecule has 1 aliphatic rings. The minimum atomic E-state index is -0.739. The number of hydrogen-bond acceptors (Lipinski definition) is 3. The molecule has 2 N–H and O–H groups in total. The minimum absolute atomic E-state index is 0.560. The molecule has 0 spiro atoms. The van der Waals surface area contributed by atoms with Gasteiger partial charge in [0.05, 0.1) is 6.61 Å². The van der Waals surface area contributed by atoms with E-state index in [-0.39, 0.29) is 0 Å². The second-order valence-electron chi connectivity index (χ2n) is 4.82. The fourth-order valence-corrected chi connectivity index (χ4v) is 2.24. The topological polar surface area (TPSA) is 58.6 Å². The van der Waals surface area contributed by atoms with Crippen LogP contribution in [-0.2, 0) is 4.79 Å².